The molecule has 3 amide bonds. The van der Waals surface area contributed by atoms with E-state index in [2.05, 4.69) is 26.1 Å². The van der Waals surface area contributed by atoms with Crippen LogP contribution >= 0.6 is 11.3 Å². The Morgan fingerprint density at radius 2 is 1.47 bits per heavy atom. The number of carbonyl (C=O) groups excluding carboxylic acids is 3. The van der Waals surface area contributed by atoms with Crippen molar-refractivity contribution in [2.24, 2.45) is 0 Å². The molecule has 0 radical (unpaired) electrons. The highest BCUT2D eigenvalue weighted by Gasteiger charge is 2.13. The number of ether oxygens (including phenoxy) is 1. The molecule has 0 aliphatic carbocycles. The van der Waals surface area contributed by atoms with E-state index in [4.69, 9.17) is 4.74 Å². The van der Waals surface area contributed by atoms with Crippen LogP contribution in [0.3, 0.4) is 0 Å². The Kier molecular flexibility index (Phi) is 7.99. The van der Waals surface area contributed by atoms with E-state index in [1.165, 1.54) is 11.3 Å². The van der Waals surface area contributed by atoms with Crippen LogP contribution < -0.4 is 20.7 Å². The maximum absolute atomic E-state index is 12.7. The van der Waals surface area contributed by atoms with Crippen molar-refractivity contribution in [3.63, 3.8) is 0 Å². The summed E-state index contributed by atoms with van der Waals surface area (Å²) in [7, 11) is 1.55. The van der Waals surface area contributed by atoms with Gasteiger partial charge in [-0.2, -0.15) is 0 Å². The molecular weight excluding hydrogens is 478 g/mol. The molecule has 3 aromatic carbocycles. The van der Waals surface area contributed by atoms with Gasteiger partial charge in [-0.1, -0.05) is 41.7 Å². The van der Waals surface area contributed by atoms with E-state index >= 15 is 0 Å². The molecule has 0 aliphatic heterocycles. The van der Waals surface area contributed by atoms with E-state index in [-0.39, 0.29) is 17.7 Å². The Labute approximate surface area is 211 Å². The van der Waals surface area contributed by atoms with Crippen molar-refractivity contribution in [1.82, 2.24) is 15.5 Å². The van der Waals surface area contributed by atoms with Crippen LogP contribution in [-0.2, 0) is 6.42 Å². The Morgan fingerprint density at radius 1 is 0.778 bits per heavy atom. The first-order chi connectivity index (χ1) is 17.5. The summed E-state index contributed by atoms with van der Waals surface area (Å²) >= 11 is 1.23. The van der Waals surface area contributed by atoms with E-state index in [0.717, 1.165) is 0 Å². The molecule has 4 rings (SSSR count). The highest BCUT2D eigenvalue weighted by Crippen LogP contribution is 2.18. The molecule has 10 heteroatoms. The first-order valence-corrected chi connectivity index (χ1v) is 11.9. The molecule has 0 bridgehead atoms. The molecule has 36 heavy (non-hydrogen) atoms. The summed E-state index contributed by atoms with van der Waals surface area (Å²) in [5, 5.41) is 17.4. The maximum Gasteiger partial charge on any atom is 0.257 e. The number of hydrogen-bond donors (Lipinski definition) is 3. The minimum atomic E-state index is -0.375. The van der Waals surface area contributed by atoms with Gasteiger partial charge in [0, 0.05) is 35.3 Å². The van der Waals surface area contributed by atoms with Gasteiger partial charge in [-0.05, 0) is 48.5 Å². The summed E-state index contributed by atoms with van der Waals surface area (Å²) in [5.74, 6) is -0.247. The molecule has 0 spiro atoms. The monoisotopic (exact) mass is 501 g/mol. The first-order valence-electron chi connectivity index (χ1n) is 11.0. The molecule has 3 N–H and O–H groups in total. The third-order valence-corrected chi connectivity index (χ3v) is 5.96. The van der Waals surface area contributed by atoms with E-state index in [1.807, 2.05) is 6.07 Å². The van der Waals surface area contributed by atoms with Gasteiger partial charge in [0.1, 0.15) is 10.8 Å². The van der Waals surface area contributed by atoms with Gasteiger partial charge in [0.25, 0.3) is 17.7 Å². The fraction of sp³-hybridized carbons (Fsp3) is 0.115. The van der Waals surface area contributed by atoms with E-state index in [9.17, 15) is 14.4 Å². The number of hydrogen-bond acceptors (Lipinski definition) is 7. The molecule has 1 heterocycles. The molecule has 0 saturated carbocycles. The number of methoxy groups -OCH3 is 1. The maximum atomic E-state index is 12.7. The van der Waals surface area contributed by atoms with Crippen LogP contribution in [0.15, 0.2) is 78.9 Å². The molecule has 0 saturated heterocycles. The summed E-state index contributed by atoms with van der Waals surface area (Å²) in [6.07, 6.45) is 0.463. The van der Waals surface area contributed by atoms with Crippen molar-refractivity contribution in [2.45, 2.75) is 6.42 Å². The van der Waals surface area contributed by atoms with Crippen molar-refractivity contribution in [3.8, 4) is 5.75 Å². The Balaban J connectivity index is 1.29. The third-order valence-electron chi connectivity index (χ3n) is 5.06. The van der Waals surface area contributed by atoms with E-state index < -0.39 is 0 Å². The third kappa shape index (κ3) is 6.51. The lowest BCUT2D eigenvalue weighted by Gasteiger charge is -2.07. The molecule has 9 nitrogen and oxygen atoms in total. The second-order valence-electron chi connectivity index (χ2n) is 7.59. The number of rotatable bonds is 9. The summed E-state index contributed by atoms with van der Waals surface area (Å²) in [4.78, 5) is 37.4. The number of amides is 3. The molecule has 0 fully saturated rings. The number of aromatic nitrogens is 2. The summed E-state index contributed by atoms with van der Waals surface area (Å²) < 4.78 is 5.14. The van der Waals surface area contributed by atoms with Gasteiger partial charge >= 0.3 is 0 Å². The molecule has 0 atom stereocenters. The van der Waals surface area contributed by atoms with Crippen LogP contribution in [0.4, 0.5) is 10.8 Å². The quantitative estimate of drug-likeness (QED) is 0.318. The van der Waals surface area contributed by atoms with Crippen molar-refractivity contribution < 1.29 is 19.1 Å². The zero-order valence-electron chi connectivity index (χ0n) is 19.4. The van der Waals surface area contributed by atoms with Crippen LogP contribution in [0.1, 0.15) is 36.1 Å². The summed E-state index contributed by atoms with van der Waals surface area (Å²) in [6.45, 7) is 0.363. The first kappa shape index (κ1) is 24.6. The Hall–Kier alpha value is -4.57. The van der Waals surface area contributed by atoms with Gasteiger partial charge in [-0.15, -0.1) is 10.2 Å². The van der Waals surface area contributed by atoms with Crippen molar-refractivity contribution >= 4 is 39.9 Å². The lowest BCUT2D eigenvalue weighted by atomic mass is 10.1. The van der Waals surface area contributed by atoms with E-state index in [0.29, 0.717) is 51.2 Å². The molecule has 0 unspecified atom stereocenters. The second kappa shape index (κ2) is 11.7. The molecule has 0 aliphatic rings. The van der Waals surface area contributed by atoms with Crippen molar-refractivity contribution in [3.05, 3.63) is 101 Å². The fourth-order valence-corrected chi connectivity index (χ4v) is 3.99. The van der Waals surface area contributed by atoms with Gasteiger partial charge in [0.15, 0.2) is 0 Å². The number of nitrogens with one attached hydrogen (secondary N) is 3. The average Bonchev–Trinajstić information content (AvgIpc) is 3.36. The van der Waals surface area contributed by atoms with Crippen molar-refractivity contribution in [2.75, 3.05) is 24.3 Å². The zero-order chi connectivity index (χ0) is 25.3. The van der Waals surface area contributed by atoms with Gasteiger partial charge in [0.2, 0.25) is 5.13 Å². The normalized spacial score (nSPS) is 10.4. The van der Waals surface area contributed by atoms with Gasteiger partial charge < -0.3 is 15.4 Å². The van der Waals surface area contributed by atoms with Crippen LogP contribution in [0.5, 0.6) is 5.75 Å². The van der Waals surface area contributed by atoms with Crippen LogP contribution in [-0.4, -0.2) is 41.6 Å². The lowest BCUT2D eigenvalue weighted by Crippen LogP contribution is -2.25. The van der Waals surface area contributed by atoms with Crippen LogP contribution in [0.25, 0.3) is 0 Å². The average molecular weight is 502 g/mol. The summed E-state index contributed by atoms with van der Waals surface area (Å²) in [6, 6.07) is 22.3. The molecule has 1 aromatic heterocycles. The number of benzene rings is 3. The highest BCUT2D eigenvalue weighted by molar-refractivity contribution is 7.15. The Morgan fingerprint density at radius 3 is 2.25 bits per heavy atom. The SMILES string of the molecule is COc1cccc(C(=O)NCCc2nnc(NC(=O)c3cccc(NC(=O)c4ccccc4)c3)s2)c1. The zero-order valence-corrected chi connectivity index (χ0v) is 20.2. The van der Waals surface area contributed by atoms with Gasteiger partial charge in [-0.3, -0.25) is 19.7 Å². The van der Waals surface area contributed by atoms with Crippen LogP contribution in [0, 0.1) is 0 Å². The Bertz CT molecular complexity index is 1370. The minimum Gasteiger partial charge on any atom is -0.497 e. The number of anilines is 2. The standard InChI is InChI=1S/C26H23N5O4S/c1-35-21-12-6-10-19(16-21)23(32)27-14-13-22-30-31-26(36-22)29-25(34)18-9-5-11-20(15-18)28-24(33)17-7-3-2-4-8-17/h2-12,15-16H,13-14H2,1H3,(H,27,32)(H,28,33)(H,29,31,34). The van der Waals surface area contributed by atoms with Crippen molar-refractivity contribution in [1.29, 1.82) is 0 Å². The molecular formula is C26H23N5O4S. The lowest BCUT2D eigenvalue weighted by molar-refractivity contribution is 0.0952. The largest absolute Gasteiger partial charge is 0.497 e. The van der Waals surface area contributed by atoms with Gasteiger partial charge in [0.05, 0.1) is 7.11 Å². The van der Waals surface area contributed by atoms with E-state index in [1.54, 1.807) is 79.9 Å². The minimum absolute atomic E-state index is 0.217. The predicted octanol–water partition coefficient (Wildman–Crippen LogP) is 4.02. The number of carbonyl (C=O) groups is 3. The van der Waals surface area contributed by atoms with Gasteiger partial charge in [-0.25, -0.2) is 0 Å². The summed E-state index contributed by atoms with van der Waals surface area (Å²) in [5.41, 5.74) is 1.89. The van der Waals surface area contributed by atoms with Crippen LogP contribution in [0.2, 0.25) is 0 Å². The predicted molar refractivity (Wildman–Crippen MR) is 138 cm³/mol. The second-order valence-corrected chi connectivity index (χ2v) is 8.66. The smallest absolute Gasteiger partial charge is 0.257 e. The molecule has 4 aromatic rings. The fourth-order valence-electron chi connectivity index (χ4n) is 3.25. The number of nitrogens with zero attached hydrogens (tertiary/aromatic N) is 2. The highest BCUT2D eigenvalue weighted by atomic mass is 32.1. The topological polar surface area (TPSA) is 122 Å². The molecule has 182 valence electrons.